The normalized spacial score (nSPS) is 20.4. The van der Waals surface area contributed by atoms with E-state index in [9.17, 15) is 4.79 Å². The van der Waals surface area contributed by atoms with Gasteiger partial charge in [0.15, 0.2) is 5.13 Å². The number of nitrogens with one attached hydrogen (secondary N) is 1. The standard InChI is InChI=1S/C14H23N3OS/c1-3-11-5-6-13(18)17(8-7-11)10-12-9-16-14(19-12)15-4-2/h9,11H,3-8,10H2,1-2H3,(H,15,16). The highest BCUT2D eigenvalue weighted by atomic mass is 32.1. The van der Waals surface area contributed by atoms with Gasteiger partial charge in [-0.3, -0.25) is 4.79 Å². The van der Waals surface area contributed by atoms with Crippen molar-refractivity contribution in [1.29, 1.82) is 0 Å². The third-order valence-corrected chi connectivity index (χ3v) is 4.67. The molecule has 1 amide bonds. The molecule has 1 aromatic rings. The first-order valence-corrected chi connectivity index (χ1v) is 8.01. The van der Waals surface area contributed by atoms with E-state index in [1.165, 1.54) is 11.3 Å². The number of thiazole rings is 1. The number of hydrogen-bond acceptors (Lipinski definition) is 4. The number of carbonyl (C=O) groups excluding carboxylic acids is 1. The molecule has 4 nitrogen and oxygen atoms in total. The van der Waals surface area contributed by atoms with Crippen molar-refractivity contribution < 1.29 is 4.79 Å². The van der Waals surface area contributed by atoms with Crippen LogP contribution in [0.4, 0.5) is 5.13 Å². The molecule has 1 unspecified atom stereocenters. The minimum atomic E-state index is 0.300. The van der Waals surface area contributed by atoms with Crippen molar-refractivity contribution in [2.45, 2.75) is 46.1 Å². The first-order valence-electron chi connectivity index (χ1n) is 7.19. The number of amides is 1. The smallest absolute Gasteiger partial charge is 0.222 e. The van der Waals surface area contributed by atoms with Crippen LogP contribution in [0.25, 0.3) is 0 Å². The van der Waals surface area contributed by atoms with Crippen molar-refractivity contribution in [2.75, 3.05) is 18.4 Å². The van der Waals surface area contributed by atoms with Crippen LogP contribution in [0.3, 0.4) is 0 Å². The van der Waals surface area contributed by atoms with Gasteiger partial charge >= 0.3 is 0 Å². The minimum Gasteiger partial charge on any atom is -0.362 e. The zero-order valence-electron chi connectivity index (χ0n) is 11.8. The summed E-state index contributed by atoms with van der Waals surface area (Å²) in [5.41, 5.74) is 0. The molecule has 1 aliphatic rings. The van der Waals surface area contributed by atoms with Crippen LogP contribution in [0.5, 0.6) is 0 Å². The van der Waals surface area contributed by atoms with Crippen LogP contribution in [-0.2, 0) is 11.3 Å². The molecule has 2 heterocycles. The van der Waals surface area contributed by atoms with Crippen molar-refractivity contribution >= 4 is 22.4 Å². The summed E-state index contributed by atoms with van der Waals surface area (Å²) in [7, 11) is 0. The summed E-state index contributed by atoms with van der Waals surface area (Å²) in [6.07, 6.45) is 5.97. The van der Waals surface area contributed by atoms with Gasteiger partial charge in [-0.05, 0) is 25.7 Å². The summed E-state index contributed by atoms with van der Waals surface area (Å²) < 4.78 is 0. The van der Waals surface area contributed by atoms with Gasteiger partial charge in [0, 0.05) is 30.6 Å². The van der Waals surface area contributed by atoms with E-state index in [-0.39, 0.29) is 0 Å². The Morgan fingerprint density at radius 1 is 1.47 bits per heavy atom. The van der Waals surface area contributed by atoms with Crippen LogP contribution in [0.2, 0.25) is 0 Å². The van der Waals surface area contributed by atoms with Crippen molar-refractivity contribution in [1.82, 2.24) is 9.88 Å². The second-order valence-corrected chi connectivity index (χ2v) is 6.19. The summed E-state index contributed by atoms with van der Waals surface area (Å²) in [5, 5.41) is 4.16. The van der Waals surface area contributed by atoms with E-state index in [1.54, 1.807) is 11.3 Å². The monoisotopic (exact) mass is 281 g/mol. The van der Waals surface area contributed by atoms with Gasteiger partial charge in [-0.15, -0.1) is 11.3 Å². The highest BCUT2D eigenvalue weighted by Crippen LogP contribution is 2.24. The number of carbonyl (C=O) groups is 1. The van der Waals surface area contributed by atoms with Crippen LogP contribution < -0.4 is 5.32 Å². The fourth-order valence-electron chi connectivity index (χ4n) is 2.47. The number of aromatic nitrogens is 1. The maximum atomic E-state index is 12.1. The Bertz CT molecular complexity index is 419. The van der Waals surface area contributed by atoms with E-state index < -0.39 is 0 Å². The molecule has 5 heteroatoms. The Balaban J connectivity index is 1.94. The molecule has 1 N–H and O–H groups in total. The topological polar surface area (TPSA) is 45.2 Å². The van der Waals surface area contributed by atoms with Crippen LogP contribution in [0.1, 0.15) is 44.4 Å². The first-order chi connectivity index (χ1) is 9.22. The molecule has 0 bridgehead atoms. The van der Waals surface area contributed by atoms with Gasteiger partial charge in [0.2, 0.25) is 5.91 Å². The summed E-state index contributed by atoms with van der Waals surface area (Å²) in [4.78, 5) is 19.6. The fourth-order valence-corrected chi connectivity index (χ4v) is 3.37. The SMILES string of the molecule is CCNc1ncc(CN2CCC(CC)CCC2=O)s1. The van der Waals surface area contributed by atoms with Crippen LogP contribution in [-0.4, -0.2) is 28.9 Å². The largest absolute Gasteiger partial charge is 0.362 e. The Labute approximate surface area is 119 Å². The molecule has 1 saturated heterocycles. The highest BCUT2D eigenvalue weighted by molar-refractivity contribution is 7.15. The second-order valence-electron chi connectivity index (χ2n) is 5.08. The average Bonchev–Trinajstić information content (AvgIpc) is 2.76. The predicted octanol–water partition coefficient (Wildman–Crippen LogP) is 3.11. The predicted molar refractivity (Wildman–Crippen MR) is 79.3 cm³/mol. The molecule has 0 aliphatic carbocycles. The van der Waals surface area contributed by atoms with Gasteiger partial charge in [0.25, 0.3) is 0 Å². The maximum absolute atomic E-state index is 12.1. The van der Waals surface area contributed by atoms with Crippen molar-refractivity contribution in [3.05, 3.63) is 11.1 Å². The van der Waals surface area contributed by atoms with Gasteiger partial charge < -0.3 is 10.2 Å². The van der Waals surface area contributed by atoms with E-state index in [1.807, 2.05) is 11.1 Å². The molecule has 0 saturated carbocycles. The average molecular weight is 281 g/mol. The molecule has 2 rings (SSSR count). The summed E-state index contributed by atoms with van der Waals surface area (Å²) in [5.74, 6) is 1.02. The Kier molecular flexibility index (Phi) is 5.19. The zero-order valence-corrected chi connectivity index (χ0v) is 12.6. The lowest BCUT2D eigenvalue weighted by atomic mass is 9.98. The lowest BCUT2D eigenvalue weighted by Crippen LogP contribution is -2.29. The van der Waals surface area contributed by atoms with E-state index in [2.05, 4.69) is 24.1 Å². The van der Waals surface area contributed by atoms with Gasteiger partial charge in [-0.2, -0.15) is 0 Å². The minimum absolute atomic E-state index is 0.300. The molecule has 1 fully saturated rings. The number of anilines is 1. The van der Waals surface area contributed by atoms with Gasteiger partial charge in [0.1, 0.15) is 0 Å². The zero-order chi connectivity index (χ0) is 13.7. The van der Waals surface area contributed by atoms with E-state index in [0.717, 1.165) is 37.6 Å². The van der Waals surface area contributed by atoms with E-state index in [0.29, 0.717) is 18.2 Å². The molecule has 0 spiro atoms. The first kappa shape index (κ1) is 14.3. The Morgan fingerprint density at radius 3 is 3.05 bits per heavy atom. The summed E-state index contributed by atoms with van der Waals surface area (Å²) in [6, 6.07) is 0. The lowest BCUT2D eigenvalue weighted by molar-refractivity contribution is -0.131. The molecule has 1 aromatic heterocycles. The number of hydrogen-bond donors (Lipinski definition) is 1. The fraction of sp³-hybridized carbons (Fsp3) is 0.714. The third-order valence-electron chi connectivity index (χ3n) is 3.73. The van der Waals surface area contributed by atoms with Gasteiger partial charge in [-0.1, -0.05) is 13.3 Å². The Hall–Kier alpha value is -1.10. The number of rotatable bonds is 5. The molecule has 0 aromatic carbocycles. The quantitative estimate of drug-likeness (QED) is 0.902. The van der Waals surface area contributed by atoms with E-state index in [4.69, 9.17) is 0 Å². The highest BCUT2D eigenvalue weighted by Gasteiger charge is 2.22. The van der Waals surface area contributed by atoms with Crippen LogP contribution in [0, 0.1) is 5.92 Å². The molecule has 19 heavy (non-hydrogen) atoms. The van der Waals surface area contributed by atoms with Crippen LogP contribution >= 0.6 is 11.3 Å². The summed E-state index contributed by atoms with van der Waals surface area (Å²) >= 11 is 1.65. The van der Waals surface area contributed by atoms with Gasteiger partial charge in [-0.25, -0.2) is 4.98 Å². The van der Waals surface area contributed by atoms with Crippen molar-refractivity contribution in [3.8, 4) is 0 Å². The number of nitrogens with zero attached hydrogens (tertiary/aromatic N) is 2. The van der Waals surface area contributed by atoms with Gasteiger partial charge in [0.05, 0.1) is 6.54 Å². The third kappa shape index (κ3) is 3.93. The molecule has 1 atom stereocenters. The maximum Gasteiger partial charge on any atom is 0.222 e. The lowest BCUT2D eigenvalue weighted by Gasteiger charge is -2.19. The molecule has 1 aliphatic heterocycles. The summed E-state index contributed by atoms with van der Waals surface area (Å²) in [6.45, 7) is 6.78. The second kappa shape index (κ2) is 6.89. The Morgan fingerprint density at radius 2 is 2.32 bits per heavy atom. The molecular weight excluding hydrogens is 258 g/mol. The molecule has 0 radical (unpaired) electrons. The number of likely N-dealkylation sites (tertiary alicyclic amines) is 1. The van der Waals surface area contributed by atoms with Crippen molar-refractivity contribution in [2.24, 2.45) is 5.92 Å². The molecule has 106 valence electrons. The van der Waals surface area contributed by atoms with E-state index >= 15 is 0 Å². The molecular formula is C14H23N3OS. The van der Waals surface area contributed by atoms with Crippen molar-refractivity contribution in [3.63, 3.8) is 0 Å². The van der Waals surface area contributed by atoms with Crippen LogP contribution in [0.15, 0.2) is 6.20 Å².